The van der Waals surface area contributed by atoms with Gasteiger partial charge in [0.25, 0.3) is 5.91 Å². The molecule has 0 bridgehead atoms. The van der Waals surface area contributed by atoms with Gasteiger partial charge in [-0.15, -0.1) is 0 Å². The van der Waals surface area contributed by atoms with Crippen LogP contribution in [0.2, 0.25) is 0 Å². The number of nitrogens with one attached hydrogen (secondary N) is 1. The Kier molecular flexibility index (Phi) is 5.67. The van der Waals surface area contributed by atoms with E-state index in [1.165, 1.54) is 12.1 Å². The Morgan fingerprint density at radius 3 is 2.55 bits per heavy atom. The first-order valence-electron chi connectivity index (χ1n) is 8.78. The summed E-state index contributed by atoms with van der Waals surface area (Å²) in [6, 6.07) is 9.31. The standard InChI is InChI=1S/C20H20F3N3O3/c1-12(16-6-4-15(28-3)10-24-16)25-19(27)18-9-13-8-14(29-11-20(21,22)23)5-7-17(13)26(18)2/h4-10,12H,11H2,1-3H3,(H,25,27)/t12-/m1/s1. The van der Waals surface area contributed by atoms with Gasteiger partial charge in [0.15, 0.2) is 6.61 Å². The third-order valence-corrected chi connectivity index (χ3v) is 4.44. The molecule has 1 atom stereocenters. The van der Waals surface area contributed by atoms with Crippen molar-refractivity contribution in [2.45, 2.75) is 19.1 Å². The molecule has 2 aromatic heterocycles. The van der Waals surface area contributed by atoms with Crippen LogP contribution in [0.3, 0.4) is 0 Å². The van der Waals surface area contributed by atoms with Gasteiger partial charge in [-0.2, -0.15) is 13.2 Å². The van der Waals surface area contributed by atoms with E-state index >= 15 is 0 Å². The number of pyridine rings is 1. The molecule has 1 N–H and O–H groups in total. The molecule has 0 aliphatic carbocycles. The van der Waals surface area contributed by atoms with Crippen LogP contribution in [0.1, 0.15) is 29.1 Å². The number of carbonyl (C=O) groups excluding carboxylic acids is 1. The van der Waals surface area contributed by atoms with Gasteiger partial charge in [0.05, 0.1) is 25.0 Å². The van der Waals surface area contributed by atoms with Crippen molar-refractivity contribution in [2.75, 3.05) is 13.7 Å². The summed E-state index contributed by atoms with van der Waals surface area (Å²) in [5.74, 6) is 0.374. The smallest absolute Gasteiger partial charge is 0.422 e. The lowest BCUT2D eigenvalue weighted by Crippen LogP contribution is -2.28. The summed E-state index contributed by atoms with van der Waals surface area (Å²) in [5.41, 5.74) is 1.74. The Morgan fingerprint density at radius 1 is 1.21 bits per heavy atom. The van der Waals surface area contributed by atoms with Crippen molar-refractivity contribution in [1.29, 1.82) is 0 Å². The molecule has 29 heavy (non-hydrogen) atoms. The highest BCUT2D eigenvalue weighted by molar-refractivity contribution is 5.99. The average Bonchev–Trinajstić information content (AvgIpc) is 3.02. The third kappa shape index (κ3) is 4.79. The molecular formula is C20H20F3N3O3. The van der Waals surface area contributed by atoms with Crippen molar-refractivity contribution >= 4 is 16.8 Å². The molecule has 0 radical (unpaired) electrons. The van der Waals surface area contributed by atoms with E-state index < -0.39 is 12.8 Å². The first-order valence-corrected chi connectivity index (χ1v) is 8.78. The molecule has 0 aliphatic rings. The van der Waals surface area contributed by atoms with Crippen molar-refractivity contribution in [3.8, 4) is 11.5 Å². The molecule has 0 saturated carbocycles. The number of hydrogen-bond acceptors (Lipinski definition) is 4. The lowest BCUT2D eigenvalue weighted by atomic mass is 10.2. The monoisotopic (exact) mass is 407 g/mol. The van der Waals surface area contributed by atoms with Crippen molar-refractivity contribution in [3.63, 3.8) is 0 Å². The normalized spacial score (nSPS) is 12.6. The maximum atomic E-state index is 12.7. The first kappa shape index (κ1) is 20.5. The predicted octanol–water partition coefficient (Wildman–Crippen LogP) is 4.01. The molecule has 6 nitrogen and oxygen atoms in total. The number of fused-ring (bicyclic) bond motifs is 1. The highest BCUT2D eigenvalue weighted by Gasteiger charge is 2.28. The van der Waals surface area contributed by atoms with Crippen LogP contribution in [-0.4, -0.2) is 35.4 Å². The second-order valence-electron chi connectivity index (χ2n) is 6.53. The van der Waals surface area contributed by atoms with Crippen molar-refractivity contribution < 1.29 is 27.4 Å². The van der Waals surface area contributed by atoms with E-state index in [4.69, 9.17) is 9.47 Å². The van der Waals surface area contributed by atoms with Gasteiger partial charge in [-0.1, -0.05) is 0 Å². The summed E-state index contributed by atoms with van der Waals surface area (Å²) in [7, 11) is 3.26. The number of alkyl halides is 3. The van der Waals surface area contributed by atoms with Gasteiger partial charge in [-0.05, 0) is 43.3 Å². The molecule has 3 aromatic rings. The fourth-order valence-corrected chi connectivity index (χ4v) is 2.91. The summed E-state index contributed by atoms with van der Waals surface area (Å²) in [4.78, 5) is 17.0. The second-order valence-corrected chi connectivity index (χ2v) is 6.53. The Bertz CT molecular complexity index is 1010. The van der Waals surface area contributed by atoms with Gasteiger partial charge in [0, 0.05) is 18.0 Å². The number of nitrogens with zero attached hydrogens (tertiary/aromatic N) is 2. The maximum absolute atomic E-state index is 12.7. The van der Waals surface area contributed by atoms with Crippen molar-refractivity contribution in [1.82, 2.24) is 14.9 Å². The molecule has 0 fully saturated rings. The van der Waals surface area contributed by atoms with Crippen LogP contribution < -0.4 is 14.8 Å². The Morgan fingerprint density at radius 2 is 1.93 bits per heavy atom. The summed E-state index contributed by atoms with van der Waals surface area (Å²) < 4.78 is 48.5. The molecule has 1 aromatic carbocycles. The zero-order valence-corrected chi connectivity index (χ0v) is 16.1. The maximum Gasteiger partial charge on any atom is 0.422 e. The van der Waals surface area contributed by atoms with E-state index in [2.05, 4.69) is 10.3 Å². The number of amides is 1. The Balaban J connectivity index is 1.77. The highest BCUT2D eigenvalue weighted by Crippen LogP contribution is 2.26. The van der Waals surface area contributed by atoms with Crippen LogP contribution in [-0.2, 0) is 7.05 Å². The molecule has 1 amide bonds. The quantitative estimate of drug-likeness (QED) is 0.671. The van der Waals surface area contributed by atoms with E-state index in [-0.39, 0.29) is 17.7 Å². The zero-order valence-electron chi connectivity index (χ0n) is 16.1. The molecule has 0 aliphatic heterocycles. The minimum absolute atomic E-state index is 0.0863. The number of aromatic nitrogens is 2. The summed E-state index contributed by atoms with van der Waals surface area (Å²) in [6.45, 7) is 0.434. The van der Waals surface area contributed by atoms with Crippen LogP contribution in [0, 0.1) is 0 Å². The van der Waals surface area contributed by atoms with E-state index in [0.717, 1.165) is 0 Å². The van der Waals surface area contributed by atoms with E-state index in [9.17, 15) is 18.0 Å². The van der Waals surface area contributed by atoms with Gasteiger partial charge >= 0.3 is 6.18 Å². The summed E-state index contributed by atoms with van der Waals surface area (Å²) >= 11 is 0. The molecule has 9 heteroatoms. The minimum Gasteiger partial charge on any atom is -0.495 e. The highest BCUT2D eigenvalue weighted by atomic mass is 19.4. The largest absolute Gasteiger partial charge is 0.495 e. The molecule has 0 spiro atoms. The molecule has 3 rings (SSSR count). The number of aryl methyl sites for hydroxylation is 1. The second kappa shape index (κ2) is 8.02. The van der Waals surface area contributed by atoms with E-state index in [1.807, 2.05) is 0 Å². The fourth-order valence-electron chi connectivity index (χ4n) is 2.91. The fraction of sp³-hybridized carbons (Fsp3) is 0.300. The molecule has 2 heterocycles. The van der Waals surface area contributed by atoms with Gasteiger partial charge in [-0.3, -0.25) is 9.78 Å². The van der Waals surface area contributed by atoms with Crippen LogP contribution in [0.5, 0.6) is 11.5 Å². The van der Waals surface area contributed by atoms with Crippen molar-refractivity contribution in [3.05, 3.63) is 54.0 Å². The van der Waals surface area contributed by atoms with Gasteiger partial charge < -0.3 is 19.4 Å². The average molecular weight is 407 g/mol. The zero-order chi connectivity index (χ0) is 21.2. The van der Waals surface area contributed by atoms with Crippen LogP contribution in [0.15, 0.2) is 42.6 Å². The number of benzene rings is 1. The lowest BCUT2D eigenvalue weighted by Gasteiger charge is -2.14. The molecule has 154 valence electrons. The van der Waals surface area contributed by atoms with Crippen LogP contribution in [0.4, 0.5) is 13.2 Å². The number of methoxy groups -OCH3 is 1. The van der Waals surface area contributed by atoms with Gasteiger partial charge in [-0.25, -0.2) is 0 Å². The predicted molar refractivity (Wildman–Crippen MR) is 101 cm³/mol. The van der Waals surface area contributed by atoms with Crippen LogP contribution >= 0.6 is 0 Å². The molecular weight excluding hydrogens is 387 g/mol. The molecule has 0 saturated heterocycles. The lowest BCUT2D eigenvalue weighted by molar-refractivity contribution is -0.153. The number of rotatable bonds is 6. The number of ether oxygens (including phenoxy) is 2. The summed E-state index contributed by atoms with van der Waals surface area (Å²) in [6.07, 6.45) is -2.85. The number of carbonyl (C=O) groups is 1. The first-order chi connectivity index (χ1) is 13.7. The summed E-state index contributed by atoms with van der Waals surface area (Å²) in [5, 5.41) is 3.47. The topological polar surface area (TPSA) is 65.4 Å². The Hall–Kier alpha value is -3.23. The van der Waals surface area contributed by atoms with Gasteiger partial charge in [0.1, 0.15) is 17.2 Å². The van der Waals surface area contributed by atoms with Gasteiger partial charge in [0.2, 0.25) is 0 Å². The van der Waals surface area contributed by atoms with Crippen molar-refractivity contribution in [2.24, 2.45) is 7.05 Å². The SMILES string of the molecule is COc1ccc([C@@H](C)NC(=O)c2cc3cc(OCC(F)(F)F)ccc3n2C)nc1. The Labute approximate surface area is 165 Å². The number of hydrogen-bond donors (Lipinski definition) is 1. The number of halogens is 3. The van der Waals surface area contributed by atoms with Crippen LogP contribution in [0.25, 0.3) is 10.9 Å². The molecule has 0 unspecified atom stereocenters. The van der Waals surface area contributed by atoms with E-state index in [0.29, 0.717) is 28.0 Å². The van der Waals surface area contributed by atoms with E-state index in [1.54, 1.807) is 56.1 Å². The third-order valence-electron chi connectivity index (χ3n) is 4.44. The minimum atomic E-state index is -4.41.